The number of anilines is 2. The molecule has 1 aromatic carbocycles. The van der Waals surface area contributed by atoms with Crippen molar-refractivity contribution in [2.75, 3.05) is 29.1 Å². The van der Waals surface area contributed by atoms with E-state index in [0.29, 0.717) is 18.1 Å². The fourth-order valence-corrected chi connectivity index (χ4v) is 2.27. The lowest BCUT2D eigenvalue weighted by Gasteiger charge is -2.08. The largest absolute Gasteiger partial charge is 0.399 e. The van der Waals surface area contributed by atoms with E-state index in [9.17, 15) is 4.21 Å². The van der Waals surface area contributed by atoms with Crippen molar-refractivity contribution in [1.82, 2.24) is 0 Å². The summed E-state index contributed by atoms with van der Waals surface area (Å²) in [5.74, 6) is 1.39. The van der Waals surface area contributed by atoms with Gasteiger partial charge in [0.1, 0.15) is 0 Å². The van der Waals surface area contributed by atoms with Gasteiger partial charge < -0.3 is 11.1 Å². The molecule has 0 amide bonds. The topological polar surface area (TPSA) is 55.1 Å². The van der Waals surface area contributed by atoms with E-state index in [4.69, 9.17) is 5.73 Å². The second-order valence-corrected chi connectivity index (χ2v) is 5.82. The van der Waals surface area contributed by atoms with Crippen LogP contribution in [0.4, 0.5) is 11.4 Å². The summed E-state index contributed by atoms with van der Waals surface area (Å²) in [4.78, 5) is 0. The second-order valence-electron chi connectivity index (χ2n) is 3.10. The van der Waals surface area contributed by atoms with Crippen LogP contribution in [0, 0.1) is 0 Å². The molecule has 84 valence electrons. The molecule has 3 nitrogen and oxygen atoms in total. The smallest absolute Gasteiger partial charge is 0.0486 e. The van der Waals surface area contributed by atoms with Crippen molar-refractivity contribution < 1.29 is 4.21 Å². The van der Waals surface area contributed by atoms with Crippen LogP contribution in [0.5, 0.6) is 0 Å². The van der Waals surface area contributed by atoms with E-state index in [0.717, 1.165) is 15.8 Å². The Morgan fingerprint density at radius 2 is 2.27 bits per heavy atom. The van der Waals surface area contributed by atoms with E-state index in [1.807, 2.05) is 25.1 Å². The van der Waals surface area contributed by atoms with Crippen molar-refractivity contribution >= 4 is 38.1 Å². The van der Waals surface area contributed by atoms with Crippen LogP contribution in [-0.2, 0) is 10.8 Å². The van der Waals surface area contributed by atoms with E-state index >= 15 is 0 Å². The third-order valence-corrected chi connectivity index (χ3v) is 3.92. The molecule has 0 bridgehead atoms. The predicted molar refractivity (Wildman–Crippen MR) is 70.6 cm³/mol. The third-order valence-electron chi connectivity index (χ3n) is 1.96. The summed E-state index contributed by atoms with van der Waals surface area (Å²) in [5.41, 5.74) is 7.33. The molecule has 1 aromatic rings. The maximum atomic E-state index is 11.2. The van der Waals surface area contributed by atoms with E-state index in [1.54, 1.807) is 0 Å². The Bertz CT molecular complexity index is 357. The summed E-state index contributed by atoms with van der Waals surface area (Å²) in [6.07, 6.45) is 0. The first-order valence-electron chi connectivity index (χ1n) is 4.77. The number of rotatable bonds is 5. The Morgan fingerprint density at radius 3 is 2.87 bits per heavy atom. The molecule has 0 aliphatic carbocycles. The fraction of sp³-hybridized carbons (Fsp3) is 0.400. The highest BCUT2D eigenvalue weighted by Crippen LogP contribution is 2.24. The van der Waals surface area contributed by atoms with Crippen LogP contribution in [0.25, 0.3) is 0 Å². The van der Waals surface area contributed by atoms with Crippen molar-refractivity contribution in [3.63, 3.8) is 0 Å². The van der Waals surface area contributed by atoms with Gasteiger partial charge in [0.05, 0.1) is 0 Å². The van der Waals surface area contributed by atoms with E-state index < -0.39 is 10.8 Å². The second kappa shape index (κ2) is 6.12. The molecule has 3 N–H and O–H groups in total. The third kappa shape index (κ3) is 4.22. The van der Waals surface area contributed by atoms with Gasteiger partial charge in [-0.3, -0.25) is 4.21 Å². The minimum Gasteiger partial charge on any atom is -0.399 e. The number of hydrogen-bond acceptors (Lipinski definition) is 3. The molecule has 0 fully saturated rings. The molecule has 15 heavy (non-hydrogen) atoms. The molecule has 0 aliphatic heterocycles. The van der Waals surface area contributed by atoms with Crippen molar-refractivity contribution in [3.8, 4) is 0 Å². The minimum absolute atomic E-state index is 0.674. The highest BCUT2D eigenvalue weighted by Gasteiger charge is 2.00. The van der Waals surface area contributed by atoms with Crippen molar-refractivity contribution in [2.24, 2.45) is 0 Å². The number of nitrogens with two attached hydrogens (primary N) is 1. The number of nitrogens with one attached hydrogen (secondary N) is 1. The number of benzene rings is 1. The van der Waals surface area contributed by atoms with Gasteiger partial charge in [-0.2, -0.15) is 0 Å². The quantitative estimate of drug-likeness (QED) is 0.818. The molecular formula is C10H15BrN2OS. The number of nitrogen functional groups attached to an aromatic ring is 1. The Hall–Kier alpha value is -0.550. The van der Waals surface area contributed by atoms with Gasteiger partial charge in [0.25, 0.3) is 0 Å². The van der Waals surface area contributed by atoms with Gasteiger partial charge in [0.2, 0.25) is 0 Å². The zero-order chi connectivity index (χ0) is 11.3. The number of halogens is 1. The molecule has 0 spiro atoms. The van der Waals surface area contributed by atoms with Crippen LogP contribution in [0.15, 0.2) is 22.7 Å². The zero-order valence-corrected chi connectivity index (χ0v) is 11.0. The van der Waals surface area contributed by atoms with Gasteiger partial charge in [-0.1, -0.05) is 6.92 Å². The fourth-order valence-electron chi connectivity index (χ4n) is 1.12. The average molecular weight is 291 g/mol. The highest BCUT2D eigenvalue weighted by molar-refractivity contribution is 9.10. The predicted octanol–water partition coefficient (Wildman–Crippen LogP) is 2.21. The molecular weight excluding hydrogens is 276 g/mol. The van der Waals surface area contributed by atoms with E-state index in [-0.39, 0.29) is 0 Å². The molecule has 1 unspecified atom stereocenters. The van der Waals surface area contributed by atoms with Crippen LogP contribution in [0.1, 0.15) is 6.92 Å². The molecule has 1 rings (SSSR count). The summed E-state index contributed by atoms with van der Waals surface area (Å²) in [7, 11) is -0.714. The summed E-state index contributed by atoms with van der Waals surface area (Å²) in [5, 5.41) is 3.21. The van der Waals surface area contributed by atoms with Gasteiger partial charge in [-0.25, -0.2) is 0 Å². The SMILES string of the molecule is CCS(=O)CCNc1ccc(N)cc1Br. The first-order valence-corrected chi connectivity index (χ1v) is 7.05. The molecule has 0 heterocycles. The molecule has 0 aliphatic rings. The maximum absolute atomic E-state index is 11.2. The van der Waals surface area contributed by atoms with Crippen LogP contribution < -0.4 is 11.1 Å². The molecule has 1 atom stereocenters. The van der Waals surface area contributed by atoms with Gasteiger partial charge in [0, 0.05) is 44.7 Å². The first-order chi connectivity index (χ1) is 7.13. The lowest BCUT2D eigenvalue weighted by atomic mass is 10.3. The van der Waals surface area contributed by atoms with Gasteiger partial charge in [0.15, 0.2) is 0 Å². The lowest BCUT2D eigenvalue weighted by molar-refractivity contribution is 0.684. The normalized spacial score (nSPS) is 12.4. The zero-order valence-electron chi connectivity index (χ0n) is 8.63. The van der Waals surface area contributed by atoms with Gasteiger partial charge >= 0.3 is 0 Å². The molecule has 0 saturated heterocycles. The summed E-state index contributed by atoms with van der Waals surface area (Å²) >= 11 is 3.41. The molecule has 0 aromatic heterocycles. The molecule has 0 radical (unpaired) electrons. The molecule has 0 saturated carbocycles. The van der Waals surface area contributed by atoms with Crippen molar-refractivity contribution in [2.45, 2.75) is 6.92 Å². The van der Waals surface area contributed by atoms with Crippen LogP contribution >= 0.6 is 15.9 Å². The van der Waals surface area contributed by atoms with E-state index in [1.165, 1.54) is 0 Å². The average Bonchev–Trinajstić information content (AvgIpc) is 2.21. The first kappa shape index (κ1) is 12.5. The standard InChI is InChI=1S/C10H15BrN2OS/c1-2-15(14)6-5-13-10-4-3-8(12)7-9(10)11/h3-4,7,13H,2,5-6,12H2,1H3. The minimum atomic E-state index is -0.714. The van der Waals surface area contributed by atoms with Gasteiger partial charge in [-0.15, -0.1) is 0 Å². The number of hydrogen-bond donors (Lipinski definition) is 2. The Balaban J connectivity index is 2.47. The van der Waals surface area contributed by atoms with Crippen molar-refractivity contribution in [3.05, 3.63) is 22.7 Å². The summed E-state index contributed by atoms with van der Waals surface area (Å²) in [6.45, 7) is 2.64. The van der Waals surface area contributed by atoms with Crippen LogP contribution in [0.2, 0.25) is 0 Å². The Morgan fingerprint density at radius 1 is 1.53 bits per heavy atom. The van der Waals surface area contributed by atoms with Gasteiger partial charge in [-0.05, 0) is 34.1 Å². The maximum Gasteiger partial charge on any atom is 0.0486 e. The lowest BCUT2D eigenvalue weighted by Crippen LogP contribution is -2.12. The summed E-state index contributed by atoms with van der Waals surface area (Å²) < 4.78 is 12.1. The van der Waals surface area contributed by atoms with Crippen LogP contribution in [-0.4, -0.2) is 22.3 Å². The van der Waals surface area contributed by atoms with E-state index in [2.05, 4.69) is 21.2 Å². The Kier molecular flexibility index (Phi) is 5.11. The van der Waals surface area contributed by atoms with Crippen molar-refractivity contribution in [1.29, 1.82) is 0 Å². The Labute approximate surface area is 101 Å². The van der Waals surface area contributed by atoms with Crippen LogP contribution in [0.3, 0.4) is 0 Å². The highest BCUT2D eigenvalue weighted by atomic mass is 79.9. The molecule has 5 heteroatoms. The monoisotopic (exact) mass is 290 g/mol. The summed E-state index contributed by atoms with van der Waals surface area (Å²) in [6, 6.07) is 5.59.